The largest absolute Gasteiger partial charge is 0.310 e. The van der Waals surface area contributed by atoms with Gasteiger partial charge in [0.15, 0.2) is 0 Å². The third kappa shape index (κ3) is 2.60. The molecule has 0 aliphatic heterocycles. The van der Waals surface area contributed by atoms with Crippen LogP contribution in [0.3, 0.4) is 0 Å². The number of thiophene rings is 1. The number of nitrogens with one attached hydrogen (secondary N) is 1. The summed E-state index contributed by atoms with van der Waals surface area (Å²) in [6.45, 7) is 2.00. The first-order chi connectivity index (χ1) is 8.83. The van der Waals surface area contributed by atoms with Gasteiger partial charge in [0.25, 0.3) is 0 Å². The number of hydrogen-bond donors (Lipinski definition) is 1. The Labute approximate surface area is 116 Å². The monoisotopic (exact) mass is 281 g/mol. The molecule has 1 aliphatic rings. The molecule has 2 aromatic heterocycles. The fourth-order valence-electron chi connectivity index (χ4n) is 2.49. The van der Waals surface area contributed by atoms with E-state index >= 15 is 0 Å². The van der Waals surface area contributed by atoms with E-state index in [1.54, 1.807) is 11.3 Å². The van der Waals surface area contributed by atoms with E-state index < -0.39 is 0 Å². The Morgan fingerprint density at radius 1 is 1.56 bits per heavy atom. The van der Waals surface area contributed by atoms with Gasteiger partial charge >= 0.3 is 0 Å². The predicted molar refractivity (Wildman–Crippen MR) is 75.2 cm³/mol. The van der Waals surface area contributed by atoms with Gasteiger partial charge in [0.1, 0.15) is 0 Å². The maximum Gasteiger partial charge on any atom is 0.0934 e. The number of rotatable bonds is 5. The molecule has 18 heavy (non-hydrogen) atoms. The molecule has 0 fully saturated rings. The molecule has 1 aliphatic carbocycles. The van der Waals surface area contributed by atoms with Gasteiger partial charge in [0.2, 0.25) is 0 Å². The number of halogens is 1. The molecule has 0 saturated carbocycles. The van der Waals surface area contributed by atoms with Crippen LogP contribution in [0, 0.1) is 0 Å². The molecule has 3 rings (SSSR count). The lowest BCUT2D eigenvalue weighted by atomic mass is 10.2. The lowest BCUT2D eigenvalue weighted by molar-refractivity contribution is 0.486. The molecule has 3 nitrogen and oxygen atoms in total. The van der Waals surface area contributed by atoms with Crippen LogP contribution in [0.2, 0.25) is 4.34 Å². The van der Waals surface area contributed by atoms with Crippen molar-refractivity contribution in [2.45, 2.75) is 31.8 Å². The summed E-state index contributed by atoms with van der Waals surface area (Å²) < 4.78 is 2.89. The quantitative estimate of drug-likeness (QED) is 0.853. The van der Waals surface area contributed by atoms with E-state index in [2.05, 4.69) is 16.5 Å². The lowest BCUT2D eigenvalue weighted by Gasteiger charge is -2.12. The molecule has 1 N–H and O–H groups in total. The minimum Gasteiger partial charge on any atom is -0.310 e. The van der Waals surface area contributed by atoms with E-state index in [-0.39, 0.29) is 0 Å². The first kappa shape index (κ1) is 12.2. The van der Waals surface area contributed by atoms with E-state index in [9.17, 15) is 0 Å². The van der Waals surface area contributed by atoms with Crippen molar-refractivity contribution >= 4 is 22.9 Å². The van der Waals surface area contributed by atoms with E-state index in [0.717, 1.165) is 23.8 Å². The normalized spacial score (nSPS) is 18.2. The fourth-order valence-corrected chi connectivity index (χ4v) is 3.85. The van der Waals surface area contributed by atoms with Crippen LogP contribution in [0.4, 0.5) is 0 Å². The van der Waals surface area contributed by atoms with Gasteiger partial charge in [-0.25, -0.2) is 0 Å². The summed E-state index contributed by atoms with van der Waals surface area (Å²) >= 11 is 7.78. The molecule has 2 aromatic rings. The van der Waals surface area contributed by atoms with Crippen molar-refractivity contribution in [3.05, 3.63) is 39.3 Å². The molecule has 2 heterocycles. The molecule has 0 bridgehead atoms. The topological polar surface area (TPSA) is 29.9 Å². The second kappa shape index (κ2) is 5.43. The Balaban J connectivity index is 1.47. The molecule has 0 saturated heterocycles. The summed E-state index contributed by atoms with van der Waals surface area (Å²) in [6.07, 6.45) is 7.31. The van der Waals surface area contributed by atoms with Gasteiger partial charge < -0.3 is 5.32 Å². The van der Waals surface area contributed by atoms with Gasteiger partial charge in [-0.3, -0.25) is 4.68 Å². The molecule has 0 amide bonds. The molecule has 0 aromatic carbocycles. The molecule has 1 unspecified atom stereocenters. The third-order valence-electron chi connectivity index (χ3n) is 3.36. The maximum absolute atomic E-state index is 6.05. The summed E-state index contributed by atoms with van der Waals surface area (Å²) in [6, 6.07) is 4.59. The van der Waals surface area contributed by atoms with Gasteiger partial charge in [-0.1, -0.05) is 11.6 Å². The van der Waals surface area contributed by atoms with Crippen molar-refractivity contribution in [3.8, 4) is 0 Å². The second-order valence-corrected chi connectivity index (χ2v) is 6.37. The Morgan fingerprint density at radius 2 is 2.50 bits per heavy atom. The van der Waals surface area contributed by atoms with Crippen LogP contribution in [0.25, 0.3) is 0 Å². The van der Waals surface area contributed by atoms with Crippen molar-refractivity contribution < 1.29 is 0 Å². The highest BCUT2D eigenvalue weighted by Gasteiger charge is 2.24. The smallest absolute Gasteiger partial charge is 0.0934 e. The molecule has 0 radical (unpaired) electrons. The van der Waals surface area contributed by atoms with Crippen LogP contribution in [-0.4, -0.2) is 16.3 Å². The van der Waals surface area contributed by atoms with Gasteiger partial charge in [-0.15, -0.1) is 11.3 Å². The van der Waals surface area contributed by atoms with Gasteiger partial charge in [0, 0.05) is 29.9 Å². The van der Waals surface area contributed by atoms with Gasteiger partial charge in [-0.05, 0) is 43.5 Å². The van der Waals surface area contributed by atoms with Crippen LogP contribution in [0.1, 0.15) is 29.3 Å². The number of fused-ring (bicyclic) bond motifs is 1. The highest BCUT2D eigenvalue weighted by Crippen LogP contribution is 2.39. The molecular weight excluding hydrogens is 266 g/mol. The van der Waals surface area contributed by atoms with E-state index in [4.69, 9.17) is 11.6 Å². The predicted octanol–water partition coefficient (Wildman–Crippen LogP) is 3.27. The average Bonchev–Trinajstić information content (AvgIpc) is 3.02. The number of aromatic nitrogens is 2. The van der Waals surface area contributed by atoms with E-state index in [1.165, 1.54) is 23.3 Å². The molecule has 0 spiro atoms. The van der Waals surface area contributed by atoms with Crippen LogP contribution in [-0.2, 0) is 13.0 Å². The van der Waals surface area contributed by atoms with Crippen molar-refractivity contribution in [3.63, 3.8) is 0 Å². The first-order valence-electron chi connectivity index (χ1n) is 6.32. The molecule has 1 atom stereocenters. The summed E-state index contributed by atoms with van der Waals surface area (Å²) in [4.78, 5) is 1.46. The van der Waals surface area contributed by atoms with E-state index in [0.29, 0.717) is 6.04 Å². The maximum atomic E-state index is 6.05. The highest BCUT2D eigenvalue weighted by molar-refractivity contribution is 7.16. The first-order valence-corrected chi connectivity index (χ1v) is 7.51. The average molecular weight is 282 g/mol. The Morgan fingerprint density at radius 3 is 3.33 bits per heavy atom. The van der Waals surface area contributed by atoms with Crippen LogP contribution in [0.15, 0.2) is 24.5 Å². The number of hydrogen-bond acceptors (Lipinski definition) is 3. The zero-order chi connectivity index (χ0) is 12.4. The Kier molecular flexibility index (Phi) is 3.68. The summed E-state index contributed by atoms with van der Waals surface area (Å²) in [5.41, 5.74) is 1.42. The zero-order valence-corrected chi connectivity index (χ0v) is 11.7. The van der Waals surface area contributed by atoms with Crippen LogP contribution < -0.4 is 5.32 Å². The third-order valence-corrected chi connectivity index (χ3v) is 4.70. The second-order valence-electron chi connectivity index (χ2n) is 4.60. The van der Waals surface area contributed by atoms with E-state index in [1.807, 2.05) is 23.1 Å². The van der Waals surface area contributed by atoms with Crippen LogP contribution in [0.5, 0.6) is 0 Å². The van der Waals surface area contributed by atoms with Crippen molar-refractivity contribution in [1.82, 2.24) is 15.1 Å². The molecular formula is C13H16ClN3S. The van der Waals surface area contributed by atoms with Crippen molar-refractivity contribution in [1.29, 1.82) is 0 Å². The lowest BCUT2D eigenvalue weighted by Crippen LogP contribution is -2.21. The fraction of sp³-hybridized carbons (Fsp3) is 0.462. The molecule has 96 valence electrons. The summed E-state index contributed by atoms with van der Waals surface area (Å²) in [5, 5.41) is 7.82. The standard InChI is InChI=1S/C13H16ClN3S/c14-13-9-10-11(3-4-12(10)18-13)15-5-1-7-17-8-2-6-16-17/h2,6,8-9,11,15H,1,3-5,7H2. The minimum absolute atomic E-state index is 0.501. The molecule has 5 heteroatoms. The van der Waals surface area contributed by atoms with Crippen LogP contribution >= 0.6 is 22.9 Å². The number of nitrogens with zero attached hydrogens (tertiary/aromatic N) is 2. The summed E-state index contributed by atoms with van der Waals surface area (Å²) in [5.74, 6) is 0. The van der Waals surface area contributed by atoms with Gasteiger partial charge in [0.05, 0.1) is 4.34 Å². The van der Waals surface area contributed by atoms with Crippen molar-refractivity contribution in [2.24, 2.45) is 0 Å². The Bertz CT molecular complexity index is 506. The minimum atomic E-state index is 0.501. The Hall–Kier alpha value is -0.840. The number of aryl methyl sites for hydroxylation is 2. The SMILES string of the molecule is Clc1cc2c(s1)CCC2NCCCn1cccn1. The summed E-state index contributed by atoms with van der Waals surface area (Å²) in [7, 11) is 0. The van der Waals surface area contributed by atoms with Crippen molar-refractivity contribution in [2.75, 3.05) is 6.54 Å². The van der Waals surface area contributed by atoms with Gasteiger partial charge in [-0.2, -0.15) is 5.10 Å². The zero-order valence-electron chi connectivity index (χ0n) is 10.1. The highest BCUT2D eigenvalue weighted by atomic mass is 35.5.